The summed E-state index contributed by atoms with van der Waals surface area (Å²) in [5.41, 5.74) is 6.01. The van der Waals surface area contributed by atoms with Crippen LogP contribution in [0.1, 0.15) is 136 Å². The Labute approximate surface area is 459 Å². The third-order valence-electron chi connectivity index (χ3n) is 13.8. The SMILES string of the molecule is C=C(CC(C)/C=C\OC)/C(=C1/N=C(c2ccc(C(C)(C)C)cc2)C=C1c1ccc(C(C)(C)C)cc1)c1c(-c2ccc(C(C)(C)C)cc2)cc(-c2ccc(C(C)(C)C)cc2)n1B(OCC(F)(F)C(F)(F)F)OCC(F)(F)C(F)(F)F. The van der Waals surface area contributed by atoms with Gasteiger partial charge in [0.1, 0.15) is 13.2 Å². The molecule has 79 heavy (non-hydrogen) atoms. The predicted octanol–water partition coefficient (Wildman–Crippen LogP) is 18.3. The number of nitrogens with zero attached hydrogens (tertiary/aromatic N) is 2. The second kappa shape index (κ2) is 22.8. The van der Waals surface area contributed by atoms with Gasteiger partial charge in [-0.05, 0) is 96.7 Å². The fraction of sp³-hybridized carbons (Fsp3) is 0.413. The van der Waals surface area contributed by atoms with Gasteiger partial charge in [0, 0.05) is 28.0 Å². The molecule has 0 spiro atoms. The Morgan fingerprint density at radius 1 is 0.570 bits per heavy atom. The summed E-state index contributed by atoms with van der Waals surface area (Å²) in [6.45, 7) is 25.6. The third kappa shape index (κ3) is 14.4. The van der Waals surface area contributed by atoms with Crippen LogP contribution < -0.4 is 0 Å². The highest BCUT2D eigenvalue weighted by molar-refractivity contribution is 6.44. The van der Waals surface area contributed by atoms with E-state index in [0.29, 0.717) is 28.0 Å². The van der Waals surface area contributed by atoms with Crippen molar-refractivity contribution in [3.05, 3.63) is 178 Å². The Morgan fingerprint density at radius 2 is 0.949 bits per heavy atom. The van der Waals surface area contributed by atoms with E-state index in [1.807, 2.05) is 115 Å². The molecule has 5 nitrogen and oxygen atoms in total. The molecule has 0 fully saturated rings. The summed E-state index contributed by atoms with van der Waals surface area (Å²) in [7, 11) is -1.38. The maximum absolute atomic E-state index is 15.3. The molecule has 1 unspecified atom stereocenters. The van der Waals surface area contributed by atoms with E-state index >= 15 is 17.6 Å². The topological polar surface area (TPSA) is 45.0 Å². The molecule has 424 valence electrons. The molecule has 0 bridgehead atoms. The molecular weight excluding hydrogens is 1030 g/mol. The van der Waals surface area contributed by atoms with Gasteiger partial charge in [-0.25, -0.2) is 4.99 Å². The number of rotatable bonds is 17. The Balaban J connectivity index is 1.88. The zero-order valence-electron chi connectivity index (χ0n) is 47.4. The number of ether oxygens (including phenoxy) is 1. The van der Waals surface area contributed by atoms with Crippen LogP contribution in [0.15, 0.2) is 144 Å². The van der Waals surface area contributed by atoms with E-state index in [4.69, 9.17) is 19.0 Å². The molecule has 0 saturated heterocycles. The van der Waals surface area contributed by atoms with Crippen LogP contribution in [0.4, 0.5) is 43.9 Å². The van der Waals surface area contributed by atoms with Crippen molar-refractivity contribution in [2.75, 3.05) is 20.3 Å². The van der Waals surface area contributed by atoms with Crippen molar-refractivity contribution < 1.29 is 57.9 Å². The molecule has 0 saturated carbocycles. The molecule has 0 N–H and O–H groups in total. The summed E-state index contributed by atoms with van der Waals surface area (Å²) in [5, 5.41) is 0. The normalized spacial score (nSPS) is 15.3. The lowest BCUT2D eigenvalue weighted by atomic mass is 9.84. The maximum Gasteiger partial charge on any atom is 0.598 e. The number of hydrogen-bond acceptors (Lipinski definition) is 4. The summed E-state index contributed by atoms with van der Waals surface area (Å²) in [6.07, 6.45) is -7.33. The lowest BCUT2D eigenvalue weighted by Crippen LogP contribution is -2.48. The van der Waals surface area contributed by atoms with Crippen molar-refractivity contribution in [1.29, 1.82) is 0 Å². The maximum atomic E-state index is 15.3. The molecule has 0 radical (unpaired) electrons. The molecule has 1 aliphatic heterocycles. The summed E-state index contributed by atoms with van der Waals surface area (Å²) < 4.78 is 163. The van der Waals surface area contributed by atoms with Gasteiger partial charge in [0.25, 0.3) is 0 Å². The van der Waals surface area contributed by atoms with Crippen molar-refractivity contribution in [2.45, 2.75) is 142 Å². The van der Waals surface area contributed by atoms with E-state index < -0.39 is 50.1 Å². The number of alkyl halides is 10. The highest BCUT2D eigenvalue weighted by atomic mass is 19.4. The first kappa shape index (κ1) is 62.1. The molecule has 6 rings (SSSR count). The molecule has 1 atom stereocenters. The minimum Gasteiger partial charge on any atom is -0.505 e. The molecule has 1 aliphatic rings. The quantitative estimate of drug-likeness (QED) is 0.0529. The van der Waals surface area contributed by atoms with E-state index in [0.717, 1.165) is 26.7 Å². The number of aromatic nitrogens is 1. The minimum atomic E-state index is -6.24. The standard InChI is InChI=1S/C63H71BF10N2O3/c1-39(32-33-77-15)34-40(2)53(54-49(41-16-24-45(25-17-41)56(3,4)5)35-51(75-54)43-20-28-47(29-21-43)58(9,10)11)55-50(42-18-26-46(27-19-42)57(6,7)8)36-52(44-22-30-48(31-23-44)59(12,13)14)76(55)64(78-37-60(65,66)62(69,70)71)79-38-61(67,68)63(72,73)74/h16-33,35-36,39H,2,34,37-38H2,1,3-15H3/b33-32-,54-53-. The van der Waals surface area contributed by atoms with E-state index in [9.17, 15) is 26.3 Å². The van der Waals surface area contributed by atoms with Crippen LogP contribution in [0, 0.1) is 5.92 Å². The summed E-state index contributed by atoms with van der Waals surface area (Å²) in [4.78, 5) is 5.35. The first-order valence-corrected chi connectivity index (χ1v) is 26.0. The average molecular weight is 1110 g/mol. The second-order valence-electron chi connectivity index (χ2n) is 24.4. The Morgan fingerprint density at radius 3 is 1.33 bits per heavy atom. The molecule has 2 heterocycles. The number of halogens is 10. The molecule has 4 aromatic carbocycles. The fourth-order valence-electron chi connectivity index (χ4n) is 8.93. The van der Waals surface area contributed by atoms with Gasteiger partial charge in [-0.15, -0.1) is 0 Å². The van der Waals surface area contributed by atoms with Crippen LogP contribution in [0.25, 0.3) is 33.5 Å². The van der Waals surface area contributed by atoms with Gasteiger partial charge in [-0.1, -0.05) is 194 Å². The number of allylic oxidation sites excluding steroid dienone is 5. The molecule has 1 aromatic heterocycles. The Hall–Kier alpha value is -6.13. The summed E-state index contributed by atoms with van der Waals surface area (Å²) in [5.74, 6) is -11.7. The van der Waals surface area contributed by atoms with Gasteiger partial charge in [0.2, 0.25) is 0 Å². The highest BCUT2D eigenvalue weighted by Crippen LogP contribution is 2.48. The molecule has 0 aliphatic carbocycles. The summed E-state index contributed by atoms with van der Waals surface area (Å²) in [6, 6.07) is 31.0. The van der Waals surface area contributed by atoms with Gasteiger partial charge in [-0.3, -0.25) is 0 Å². The smallest absolute Gasteiger partial charge is 0.505 e. The van der Waals surface area contributed by atoms with E-state index in [-0.39, 0.29) is 67.9 Å². The van der Waals surface area contributed by atoms with Crippen molar-refractivity contribution >= 4 is 24.1 Å². The first-order valence-electron chi connectivity index (χ1n) is 26.0. The number of hydrogen-bond donors (Lipinski definition) is 0. The second-order valence-corrected chi connectivity index (χ2v) is 24.4. The van der Waals surface area contributed by atoms with Crippen molar-refractivity contribution in [1.82, 2.24) is 4.48 Å². The zero-order valence-corrected chi connectivity index (χ0v) is 47.4. The first-order chi connectivity index (χ1) is 36.2. The van der Waals surface area contributed by atoms with Gasteiger partial charge in [0.15, 0.2) is 0 Å². The number of benzene rings is 4. The molecule has 0 amide bonds. The van der Waals surface area contributed by atoms with Crippen LogP contribution >= 0.6 is 0 Å². The average Bonchev–Trinajstić information content (AvgIpc) is 4.21. The molecular formula is C63H71BF10N2O3. The van der Waals surface area contributed by atoms with Gasteiger partial charge in [0.05, 0.1) is 30.5 Å². The van der Waals surface area contributed by atoms with Crippen LogP contribution in [-0.2, 0) is 35.7 Å². The lowest BCUT2D eigenvalue weighted by molar-refractivity contribution is -0.295. The van der Waals surface area contributed by atoms with Gasteiger partial charge < -0.3 is 18.5 Å². The highest BCUT2D eigenvalue weighted by Gasteiger charge is 2.60. The lowest BCUT2D eigenvalue weighted by Gasteiger charge is -2.28. The van der Waals surface area contributed by atoms with Crippen molar-refractivity contribution in [2.24, 2.45) is 10.9 Å². The van der Waals surface area contributed by atoms with E-state index in [1.165, 1.54) is 13.4 Å². The summed E-state index contributed by atoms with van der Waals surface area (Å²) >= 11 is 0. The molecule has 5 aromatic rings. The minimum absolute atomic E-state index is 0.0701. The molecule has 16 heteroatoms. The third-order valence-corrected chi connectivity index (χ3v) is 13.8. The van der Waals surface area contributed by atoms with Gasteiger partial charge >= 0.3 is 31.5 Å². The zero-order chi connectivity index (χ0) is 59.1. The van der Waals surface area contributed by atoms with Crippen LogP contribution in [0.3, 0.4) is 0 Å². The van der Waals surface area contributed by atoms with Crippen molar-refractivity contribution in [3.63, 3.8) is 0 Å². The monoisotopic (exact) mass is 1100 g/mol. The van der Waals surface area contributed by atoms with E-state index in [2.05, 4.69) is 48.1 Å². The van der Waals surface area contributed by atoms with Gasteiger partial charge in [-0.2, -0.15) is 43.9 Å². The largest absolute Gasteiger partial charge is 0.598 e. The van der Waals surface area contributed by atoms with Crippen LogP contribution in [0.5, 0.6) is 0 Å². The van der Waals surface area contributed by atoms with E-state index in [1.54, 1.807) is 48.5 Å². The Kier molecular flexibility index (Phi) is 17.9. The number of methoxy groups -OCH3 is 1. The predicted molar refractivity (Wildman–Crippen MR) is 299 cm³/mol. The van der Waals surface area contributed by atoms with Crippen LogP contribution in [-0.4, -0.2) is 62.0 Å². The van der Waals surface area contributed by atoms with Crippen LogP contribution in [0.2, 0.25) is 0 Å². The number of aliphatic imine (C=N–C) groups is 1. The van der Waals surface area contributed by atoms with Crippen molar-refractivity contribution in [3.8, 4) is 22.4 Å². The Bertz CT molecular complexity index is 3050. The fourth-order valence-corrected chi connectivity index (χ4v) is 8.93.